The molecule has 0 bridgehead atoms. The quantitative estimate of drug-likeness (QED) is 0.868. The van der Waals surface area contributed by atoms with Gasteiger partial charge in [0.15, 0.2) is 0 Å². The molecule has 4 nitrogen and oxygen atoms in total. The smallest absolute Gasteiger partial charge is 0.122 e. The molecule has 0 saturated carbocycles. The van der Waals surface area contributed by atoms with Gasteiger partial charge in [-0.15, -0.1) is 0 Å². The van der Waals surface area contributed by atoms with Crippen molar-refractivity contribution in [3.8, 4) is 11.5 Å². The van der Waals surface area contributed by atoms with E-state index in [-0.39, 0.29) is 0 Å². The highest BCUT2D eigenvalue weighted by atomic mass is 16.5. The van der Waals surface area contributed by atoms with Crippen LogP contribution in [0.15, 0.2) is 18.2 Å². The Morgan fingerprint density at radius 3 is 2.35 bits per heavy atom. The van der Waals surface area contributed by atoms with E-state index in [1.165, 1.54) is 12.0 Å². The van der Waals surface area contributed by atoms with Crippen molar-refractivity contribution in [3.05, 3.63) is 23.8 Å². The van der Waals surface area contributed by atoms with Crippen LogP contribution in [0.3, 0.4) is 0 Å². The zero-order valence-corrected chi connectivity index (χ0v) is 12.8. The van der Waals surface area contributed by atoms with E-state index in [9.17, 15) is 0 Å². The highest BCUT2D eigenvalue weighted by Crippen LogP contribution is 2.39. The summed E-state index contributed by atoms with van der Waals surface area (Å²) in [5, 5.41) is 0. The summed E-state index contributed by atoms with van der Waals surface area (Å²) in [6.45, 7) is 5.18. The zero-order chi connectivity index (χ0) is 14.5. The molecule has 0 spiro atoms. The standard InChI is InChI=1S/C16H26N2O2/c1-4-6-18-7-5-12(11-17)16(18)13-8-14(19-2)10-15(9-13)20-3/h8-10,12,16H,4-7,11,17H2,1-3H3. The molecule has 2 atom stereocenters. The van der Waals surface area contributed by atoms with Crippen LogP contribution < -0.4 is 15.2 Å². The largest absolute Gasteiger partial charge is 0.497 e. The molecule has 112 valence electrons. The van der Waals surface area contributed by atoms with E-state index in [1.54, 1.807) is 14.2 Å². The summed E-state index contributed by atoms with van der Waals surface area (Å²) in [7, 11) is 3.38. The second-order valence-electron chi connectivity index (χ2n) is 5.41. The van der Waals surface area contributed by atoms with Crippen LogP contribution in [0.5, 0.6) is 11.5 Å². The van der Waals surface area contributed by atoms with Crippen LogP contribution in [-0.4, -0.2) is 38.8 Å². The molecule has 2 rings (SSSR count). The lowest BCUT2D eigenvalue weighted by molar-refractivity contribution is 0.229. The maximum absolute atomic E-state index is 5.97. The number of methoxy groups -OCH3 is 2. The fourth-order valence-corrected chi connectivity index (χ4v) is 3.19. The Morgan fingerprint density at radius 2 is 1.85 bits per heavy atom. The molecule has 1 aliphatic heterocycles. The molecule has 4 heteroatoms. The Labute approximate surface area is 121 Å². The van der Waals surface area contributed by atoms with Crippen LogP contribution in [0.4, 0.5) is 0 Å². The van der Waals surface area contributed by atoms with Gasteiger partial charge in [0.1, 0.15) is 11.5 Å². The van der Waals surface area contributed by atoms with Crippen LogP contribution in [-0.2, 0) is 0 Å². The normalized spacial score (nSPS) is 23.0. The van der Waals surface area contributed by atoms with Crippen molar-refractivity contribution >= 4 is 0 Å². The van der Waals surface area contributed by atoms with E-state index in [4.69, 9.17) is 15.2 Å². The molecular formula is C16H26N2O2. The summed E-state index contributed by atoms with van der Waals surface area (Å²) < 4.78 is 10.8. The number of hydrogen-bond acceptors (Lipinski definition) is 4. The van der Waals surface area contributed by atoms with Crippen molar-refractivity contribution < 1.29 is 9.47 Å². The lowest BCUT2D eigenvalue weighted by atomic mass is 9.93. The number of ether oxygens (including phenoxy) is 2. The third-order valence-corrected chi connectivity index (χ3v) is 4.16. The lowest BCUT2D eigenvalue weighted by Crippen LogP contribution is -2.28. The molecule has 1 fully saturated rings. The molecule has 1 heterocycles. The Hall–Kier alpha value is -1.26. The Balaban J connectivity index is 2.34. The monoisotopic (exact) mass is 278 g/mol. The van der Waals surface area contributed by atoms with Crippen LogP contribution >= 0.6 is 0 Å². The first-order valence-corrected chi connectivity index (χ1v) is 7.40. The highest BCUT2D eigenvalue weighted by molar-refractivity contribution is 5.40. The molecule has 20 heavy (non-hydrogen) atoms. The average molecular weight is 278 g/mol. The summed E-state index contributed by atoms with van der Waals surface area (Å²) in [6, 6.07) is 6.53. The molecule has 0 amide bonds. The number of hydrogen-bond donors (Lipinski definition) is 1. The van der Waals surface area contributed by atoms with E-state index in [0.717, 1.165) is 37.6 Å². The van der Waals surface area contributed by atoms with Gasteiger partial charge in [0, 0.05) is 12.1 Å². The molecule has 0 aromatic heterocycles. The molecule has 1 saturated heterocycles. The van der Waals surface area contributed by atoms with Gasteiger partial charge < -0.3 is 15.2 Å². The van der Waals surface area contributed by atoms with Crippen LogP contribution in [0.1, 0.15) is 31.4 Å². The van der Waals surface area contributed by atoms with Crippen molar-refractivity contribution in [2.24, 2.45) is 11.7 Å². The maximum atomic E-state index is 5.97. The van der Waals surface area contributed by atoms with Gasteiger partial charge in [-0.25, -0.2) is 0 Å². The summed E-state index contributed by atoms with van der Waals surface area (Å²) in [5.41, 5.74) is 7.22. The average Bonchev–Trinajstić information content (AvgIpc) is 2.89. The summed E-state index contributed by atoms with van der Waals surface area (Å²) in [6.07, 6.45) is 2.33. The van der Waals surface area contributed by atoms with Gasteiger partial charge in [-0.05, 0) is 56.1 Å². The minimum Gasteiger partial charge on any atom is -0.497 e. The van der Waals surface area contributed by atoms with Crippen molar-refractivity contribution in [2.75, 3.05) is 33.9 Å². The van der Waals surface area contributed by atoms with E-state index in [2.05, 4.69) is 24.0 Å². The number of likely N-dealkylation sites (tertiary alicyclic amines) is 1. The van der Waals surface area contributed by atoms with Crippen LogP contribution in [0.25, 0.3) is 0 Å². The summed E-state index contributed by atoms with van der Waals surface area (Å²) in [5.74, 6) is 2.20. The molecule has 1 aromatic rings. The minimum absolute atomic E-state index is 0.379. The van der Waals surface area contributed by atoms with Crippen molar-refractivity contribution in [2.45, 2.75) is 25.8 Å². The molecule has 2 unspecified atom stereocenters. The molecule has 0 aliphatic carbocycles. The first-order valence-electron chi connectivity index (χ1n) is 7.40. The van der Waals surface area contributed by atoms with Crippen LogP contribution in [0, 0.1) is 5.92 Å². The van der Waals surface area contributed by atoms with E-state index in [1.807, 2.05) is 6.07 Å². The predicted octanol–water partition coefficient (Wildman–Crippen LogP) is 2.44. The van der Waals surface area contributed by atoms with E-state index in [0.29, 0.717) is 12.0 Å². The summed E-state index contributed by atoms with van der Waals surface area (Å²) in [4.78, 5) is 2.53. The van der Waals surface area contributed by atoms with Crippen LogP contribution in [0.2, 0.25) is 0 Å². The number of nitrogens with zero attached hydrogens (tertiary/aromatic N) is 1. The third-order valence-electron chi connectivity index (χ3n) is 4.16. The van der Waals surface area contributed by atoms with E-state index < -0.39 is 0 Å². The van der Waals surface area contributed by atoms with Gasteiger partial charge in [0.05, 0.1) is 14.2 Å². The SMILES string of the molecule is CCCN1CCC(CN)C1c1cc(OC)cc(OC)c1. The Morgan fingerprint density at radius 1 is 1.20 bits per heavy atom. The highest BCUT2D eigenvalue weighted by Gasteiger charge is 2.34. The van der Waals surface area contributed by atoms with Gasteiger partial charge in [-0.2, -0.15) is 0 Å². The summed E-state index contributed by atoms with van der Waals surface area (Å²) >= 11 is 0. The van der Waals surface area contributed by atoms with Gasteiger partial charge in [-0.1, -0.05) is 6.92 Å². The topological polar surface area (TPSA) is 47.7 Å². The zero-order valence-electron chi connectivity index (χ0n) is 12.8. The lowest BCUT2D eigenvalue weighted by Gasteiger charge is -2.28. The maximum Gasteiger partial charge on any atom is 0.122 e. The van der Waals surface area contributed by atoms with Gasteiger partial charge in [-0.3, -0.25) is 4.90 Å². The third kappa shape index (κ3) is 3.07. The van der Waals surface area contributed by atoms with Gasteiger partial charge >= 0.3 is 0 Å². The fourth-order valence-electron chi connectivity index (χ4n) is 3.19. The van der Waals surface area contributed by atoms with Gasteiger partial charge in [0.25, 0.3) is 0 Å². The predicted molar refractivity (Wildman–Crippen MR) is 81.3 cm³/mol. The second kappa shape index (κ2) is 6.95. The molecule has 2 N–H and O–H groups in total. The van der Waals surface area contributed by atoms with Crippen molar-refractivity contribution in [1.82, 2.24) is 4.90 Å². The molecule has 0 radical (unpaired) electrons. The Bertz CT molecular complexity index is 414. The number of rotatable bonds is 6. The second-order valence-corrected chi connectivity index (χ2v) is 5.41. The molecule has 1 aliphatic rings. The van der Waals surface area contributed by atoms with Crippen molar-refractivity contribution in [1.29, 1.82) is 0 Å². The fraction of sp³-hybridized carbons (Fsp3) is 0.625. The number of nitrogens with two attached hydrogens (primary N) is 1. The first kappa shape index (κ1) is 15.1. The number of benzene rings is 1. The van der Waals surface area contributed by atoms with Gasteiger partial charge in [0.2, 0.25) is 0 Å². The first-order chi connectivity index (χ1) is 9.73. The Kier molecular flexibility index (Phi) is 5.26. The van der Waals surface area contributed by atoms with E-state index >= 15 is 0 Å². The molecule has 1 aromatic carbocycles. The molecular weight excluding hydrogens is 252 g/mol. The minimum atomic E-state index is 0.379. The van der Waals surface area contributed by atoms with Crippen molar-refractivity contribution in [3.63, 3.8) is 0 Å².